The molecule has 0 aliphatic heterocycles. The van der Waals surface area contributed by atoms with Gasteiger partial charge in [0.1, 0.15) is 0 Å². The molecule has 0 aromatic heterocycles. The van der Waals surface area contributed by atoms with E-state index >= 15 is 0 Å². The Hall–Kier alpha value is -0.152. The van der Waals surface area contributed by atoms with Gasteiger partial charge in [0.25, 0.3) is 0 Å². The van der Waals surface area contributed by atoms with Gasteiger partial charge in [-0.25, -0.2) is 5.57 Å². The number of hydrogen-bond donors (Lipinski definition) is 0. The van der Waals surface area contributed by atoms with Crippen LogP contribution in [0.15, 0.2) is 34.9 Å². The zero-order valence-electron chi connectivity index (χ0n) is 24.8. The number of hydrogen-bond acceptors (Lipinski definition) is 0. The van der Waals surface area contributed by atoms with Gasteiger partial charge in [-0.2, -0.15) is 11.1 Å². The summed E-state index contributed by atoms with van der Waals surface area (Å²) >= 11 is 0. The van der Waals surface area contributed by atoms with Gasteiger partial charge in [0.15, 0.2) is 0 Å². The van der Waals surface area contributed by atoms with Crippen molar-refractivity contribution < 1.29 is 21.7 Å². The van der Waals surface area contributed by atoms with E-state index in [2.05, 4.69) is 106 Å². The van der Waals surface area contributed by atoms with E-state index in [0.29, 0.717) is 11.8 Å². The summed E-state index contributed by atoms with van der Waals surface area (Å²) in [6.07, 6.45) is 4.07. The van der Waals surface area contributed by atoms with Crippen molar-refractivity contribution in [3.63, 3.8) is 0 Å². The monoisotopic (exact) mass is 518 g/mol. The average molecular weight is 519 g/mol. The number of aryl methyl sites for hydroxylation is 1. The predicted octanol–water partition coefficient (Wildman–Crippen LogP) is 8.72. The average Bonchev–Trinajstić information content (AvgIpc) is 2.76. The van der Waals surface area contributed by atoms with Crippen LogP contribution in [-0.2, 0) is 21.7 Å². The van der Waals surface area contributed by atoms with Crippen LogP contribution in [0.25, 0.3) is 0 Å². The molecule has 0 nitrogen and oxygen atoms in total. The zero-order valence-corrected chi connectivity index (χ0v) is 28.4. The SMILES string of the molecule is CC1=[C-]C(C)([Si](CC(C)C)(CC(C)C)c2cc(C)cc([Si](C)(C)C)c2)C(C)=C1C.[CH3-].[CH3-].[CH3-].[Ti+4]. The summed E-state index contributed by atoms with van der Waals surface area (Å²) in [6.45, 7) is 29.0. The molecule has 33 heavy (non-hydrogen) atoms. The van der Waals surface area contributed by atoms with Crippen LogP contribution in [0.1, 0.15) is 61.0 Å². The van der Waals surface area contributed by atoms with Crippen LogP contribution in [-0.4, -0.2) is 16.1 Å². The van der Waals surface area contributed by atoms with Crippen molar-refractivity contribution in [2.45, 2.75) is 99.1 Å². The fourth-order valence-electron chi connectivity index (χ4n) is 5.60. The summed E-state index contributed by atoms with van der Waals surface area (Å²) in [6, 6.07) is 10.3. The third-order valence-corrected chi connectivity index (χ3v) is 16.1. The number of benzene rings is 1. The normalized spacial score (nSPS) is 18.3. The predicted molar refractivity (Wildman–Crippen MR) is 157 cm³/mol. The minimum atomic E-state index is -1.94. The largest absolute Gasteiger partial charge is 4.00 e. The molecule has 0 N–H and O–H groups in total. The summed E-state index contributed by atoms with van der Waals surface area (Å²) in [7, 11) is -3.32. The first kappa shape index (κ1) is 37.4. The van der Waals surface area contributed by atoms with E-state index in [9.17, 15) is 0 Å². The fraction of sp³-hybridized carbons (Fsp3) is 0.567. The molecular weight excluding hydrogens is 464 g/mol. The van der Waals surface area contributed by atoms with Crippen molar-refractivity contribution in [2.75, 3.05) is 0 Å². The quantitative estimate of drug-likeness (QED) is 0.250. The Bertz CT molecular complexity index is 814. The maximum Gasteiger partial charge on any atom is 4.00 e. The molecule has 2 rings (SSSR count). The Kier molecular flexibility index (Phi) is 15.0. The van der Waals surface area contributed by atoms with E-state index in [1.54, 1.807) is 15.9 Å². The molecule has 1 aliphatic rings. The molecule has 1 aromatic rings. The van der Waals surface area contributed by atoms with E-state index in [-0.39, 0.29) is 49.0 Å². The molecule has 0 spiro atoms. The first-order chi connectivity index (χ1) is 13.1. The van der Waals surface area contributed by atoms with Crippen molar-refractivity contribution >= 4 is 26.5 Å². The second-order valence-electron chi connectivity index (χ2n) is 11.7. The van der Waals surface area contributed by atoms with Gasteiger partial charge < -0.3 is 22.3 Å². The minimum absolute atomic E-state index is 0. The molecule has 1 unspecified atom stereocenters. The molecule has 0 fully saturated rings. The fourth-order valence-corrected chi connectivity index (χ4v) is 14.1. The number of allylic oxidation sites excluding steroid dienone is 4. The summed E-state index contributed by atoms with van der Waals surface area (Å²) in [5.41, 5.74) is 5.89. The Morgan fingerprint density at radius 2 is 1.21 bits per heavy atom. The van der Waals surface area contributed by atoms with Gasteiger partial charge in [-0.05, 0) is 18.8 Å². The maximum atomic E-state index is 4.07. The third kappa shape index (κ3) is 7.42. The first-order valence-corrected chi connectivity index (χ1v) is 17.5. The van der Waals surface area contributed by atoms with Crippen LogP contribution in [0, 0.1) is 47.1 Å². The van der Waals surface area contributed by atoms with E-state index in [1.165, 1.54) is 28.8 Å². The molecule has 0 heterocycles. The summed E-state index contributed by atoms with van der Waals surface area (Å²) in [5, 5.41) is 3.40. The molecule has 186 valence electrons. The van der Waals surface area contributed by atoms with Crippen molar-refractivity contribution in [3.05, 3.63) is 68.8 Å². The smallest absolute Gasteiger partial charge is 0.358 e. The molecule has 1 atom stereocenters. The molecule has 1 aromatic carbocycles. The Morgan fingerprint density at radius 1 is 0.788 bits per heavy atom. The van der Waals surface area contributed by atoms with Crippen LogP contribution >= 0.6 is 0 Å². The van der Waals surface area contributed by atoms with E-state index in [4.69, 9.17) is 0 Å². The van der Waals surface area contributed by atoms with Crippen molar-refractivity contribution in [1.82, 2.24) is 0 Å². The molecule has 1 aliphatic carbocycles. The van der Waals surface area contributed by atoms with E-state index in [0.717, 1.165) is 0 Å². The van der Waals surface area contributed by atoms with Gasteiger partial charge in [0, 0.05) is 0 Å². The molecular formula is C30H54Si2Ti. The van der Waals surface area contributed by atoms with Gasteiger partial charge >= 0.3 is 21.7 Å². The van der Waals surface area contributed by atoms with Crippen LogP contribution in [0.3, 0.4) is 0 Å². The first-order valence-electron chi connectivity index (χ1n) is 11.6. The molecule has 3 heteroatoms. The number of rotatable bonds is 7. The Labute approximate surface area is 227 Å². The molecule has 0 bridgehead atoms. The molecule has 0 amide bonds. The van der Waals surface area contributed by atoms with E-state index in [1.807, 2.05) is 0 Å². The molecule has 0 saturated carbocycles. The summed E-state index contributed by atoms with van der Waals surface area (Å²) < 4.78 is 0. The van der Waals surface area contributed by atoms with Crippen molar-refractivity contribution in [1.29, 1.82) is 0 Å². The maximum absolute atomic E-state index is 4.07. The van der Waals surface area contributed by atoms with Gasteiger partial charge in [-0.15, -0.1) is 6.92 Å². The minimum Gasteiger partial charge on any atom is -0.358 e. The molecule has 0 saturated heterocycles. The van der Waals surface area contributed by atoms with Crippen LogP contribution < -0.4 is 10.4 Å². The second-order valence-corrected chi connectivity index (χ2v) is 21.4. The topological polar surface area (TPSA) is 0 Å². The van der Waals surface area contributed by atoms with Crippen LogP contribution in [0.5, 0.6) is 0 Å². The van der Waals surface area contributed by atoms with E-state index < -0.39 is 16.1 Å². The Morgan fingerprint density at radius 3 is 1.55 bits per heavy atom. The van der Waals surface area contributed by atoms with Gasteiger partial charge in [-0.3, -0.25) is 6.08 Å². The third-order valence-electron chi connectivity index (χ3n) is 7.28. The standard InChI is InChI=1S/C27H45Si2.3CH3.Ti/c1-19(2)17-29(18-20(3)4,27(9)16-22(6)23(7)24(27)8)26-14-21(5)13-25(15-26)28(10,11)12;;;;/h13-15,19-20H,17-18H2,1-12H3;3*1H3;/q4*-1;+4. The van der Waals surface area contributed by atoms with Crippen molar-refractivity contribution in [3.8, 4) is 0 Å². The van der Waals surface area contributed by atoms with Crippen LogP contribution in [0.2, 0.25) is 36.8 Å². The van der Waals surface area contributed by atoms with Crippen LogP contribution in [0.4, 0.5) is 0 Å². The zero-order chi connectivity index (χ0) is 22.4. The molecule has 0 radical (unpaired) electrons. The summed E-state index contributed by atoms with van der Waals surface area (Å²) in [5.74, 6) is 1.40. The van der Waals surface area contributed by atoms with Gasteiger partial charge in [0.05, 0.1) is 16.1 Å². The van der Waals surface area contributed by atoms with Gasteiger partial charge in [0.2, 0.25) is 0 Å². The second kappa shape index (κ2) is 13.2. The Balaban J connectivity index is -0.00000225. The van der Waals surface area contributed by atoms with Crippen molar-refractivity contribution in [2.24, 2.45) is 11.8 Å². The van der Waals surface area contributed by atoms with Gasteiger partial charge in [-0.1, -0.05) is 119 Å². The summed E-state index contributed by atoms with van der Waals surface area (Å²) in [4.78, 5) is 0.